The van der Waals surface area contributed by atoms with Crippen LogP contribution >= 0.6 is 23.2 Å². The van der Waals surface area contributed by atoms with Crippen LogP contribution in [0, 0.1) is 10.1 Å². The van der Waals surface area contributed by atoms with Crippen molar-refractivity contribution in [3.05, 3.63) is 74.2 Å². The zero-order chi connectivity index (χ0) is 18.7. The summed E-state index contributed by atoms with van der Waals surface area (Å²) in [5, 5.41) is 15.0. The van der Waals surface area contributed by atoms with Crippen LogP contribution in [0.15, 0.2) is 47.1 Å². The van der Waals surface area contributed by atoms with Gasteiger partial charge < -0.3 is 4.52 Å². The highest BCUT2D eigenvalue weighted by Gasteiger charge is 2.15. The molecule has 132 valence electrons. The van der Waals surface area contributed by atoms with Crippen molar-refractivity contribution in [3.8, 4) is 11.3 Å². The summed E-state index contributed by atoms with van der Waals surface area (Å²) >= 11 is 11.8. The summed E-state index contributed by atoms with van der Waals surface area (Å²) < 4.78 is 5.23. The molecule has 0 saturated carbocycles. The van der Waals surface area contributed by atoms with Gasteiger partial charge in [-0.15, -0.1) is 0 Å². The standard InChI is InChI=1S/C17H11Cl2N3O4/c18-11-7-14(17(19)20-9-11)16(23)6-5-13-8-15(21-26-13)10-1-3-12(4-2-10)22(24)25/h1-4,7-9H,5-6H2. The fraction of sp³-hybridized carbons (Fsp3) is 0.118. The third kappa shape index (κ3) is 4.07. The number of pyridine rings is 1. The Morgan fingerprint density at radius 3 is 2.62 bits per heavy atom. The molecule has 0 bridgehead atoms. The van der Waals surface area contributed by atoms with E-state index in [1.54, 1.807) is 18.2 Å². The monoisotopic (exact) mass is 391 g/mol. The maximum absolute atomic E-state index is 12.3. The number of nitro groups is 1. The predicted octanol–water partition coefficient (Wildman–Crippen LogP) is 4.77. The van der Waals surface area contributed by atoms with E-state index in [1.807, 2.05) is 0 Å². The molecule has 3 rings (SSSR count). The Hall–Kier alpha value is -2.77. The molecule has 0 aliphatic carbocycles. The molecule has 0 radical (unpaired) electrons. The number of hydrogen-bond donors (Lipinski definition) is 0. The second kappa shape index (κ2) is 7.63. The molecule has 0 saturated heterocycles. The molecule has 0 amide bonds. The Kier molecular flexibility index (Phi) is 5.29. The number of nitro benzene ring substituents is 1. The number of Topliss-reactive ketones (excluding diaryl/α,β-unsaturated/α-hetero) is 1. The van der Waals surface area contributed by atoms with E-state index in [0.29, 0.717) is 28.5 Å². The molecule has 3 aromatic rings. The molecule has 0 fully saturated rings. The summed E-state index contributed by atoms with van der Waals surface area (Å²) in [5.74, 6) is 0.302. The summed E-state index contributed by atoms with van der Waals surface area (Å²) in [7, 11) is 0. The lowest BCUT2D eigenvalue weighted by Crippen LogP contribution is -2.03. The third-order valence-corrected chi connectivity index (χ3v) is 4.15. The maximum atomic E-state index is 12.3. The number of rotatable bonds is 6. The largest absolute Gasteiger partial charge is 0.361 e. The van der Waals surface area contributed by atoms with E-state index in [-0.39, 0.29) is 28.6 Å². The maximum Gasteiger partial charge on any atom is 0.269 e. The van der Waals surface area contributed by atoms with Gasteiger partial charge in [-0.2, -0.15) is 0 Å². The van der Waals surface area contributed by atoms with E-state index in [0.717, 1.165) is 0 Å². The minimum Gasteiger partial charge on any atom is -0.361 e. The molecule has 0 N–H and O–H groups in total. The first kappa shape index (κ1) is 18.0. The van der Waals surface area contributed by atoms with Gasteiger partial charge in [-0.25, -0.2) is 4.98 Å². The first-order chi connectivity index (χ1) is 12.4. The van der Waals surface area contributed by atoms with Gasteiger partial charge in [0.05, 0.1) is 15.5 Å². The molecule has 0 aliphatic rings. The van der Waals surface area contributed by atoms with Crippen molar-refractivity contribution in [2.75, 3.05) is 0 Å². The second-order valence-corrected chi connectivity index (χ2v) is 6.19. The topological polar surface area (TPSA) is 99.1 Å². The molecule has 0 atom stereocenters. The molecule has 9 heteroatoms. The number of ketones is 1. The van der Waals surface area contributed by atoms with Crippen molar-refractivity contribution < 1.29 is 14.2 Å². The fourth-order valence-electron chi connectivity index (χ4n) is 2.31. The Morgan fingerprint density at radius 1 is 1.19 bits per heavy atom. The summed E-state index contributed by atoms with van der Waals surface area (Å²) in [6.45, 7) is 0. The van der Waals surface area contributed by atoms with Crippen LogP contribution in [0.25, 0.3) is 11.3 Å². The van der Waals surface area contributed by atoms with Crippen LogP contribution in [0.1, 0.15) is 22.5 Å². The van der Waals surface area contributed by atoms with E-state index in [4.69, 9.17) is 27.7 Å². The first-order valence-corrected chi connectivity index (χ1v) is 8.24. The molecular formula is C17H11Cl2N3O4. The molecule has 0 spiro atoms. The van der Waals surface area contributed by atoms with Gasteiger partial charge in [-0.3, -0.25) is 14.9 Å². The molecule has 0 aliphatic heterocycles. The number of carbonyl (C=O) groups is 1. The van der Waals surface area contributed by atoms with Crippen molar-refractivity contribution in [2.24, 2.45) is 0 Å². The van der Waals surface area contributed by atoms with E-state index in [9.17, 15) is 14.9 Å². The van der Waals surface area contributed by atoms with E-state index < -0.39 is 4.92 Å². The third-order valence-electron chi connectivity index (χ3n) is 3.64. The summed E-state index contributed by atoms with van der Waals surface area (Å²) in [5.41, 5.74) is 1.47. The Bertz CT molecular complexity index is 970. The zero-order valence-electron chi connectivity index (χ0n) is 13.2. The van der Waals surface area contributed by atoms with Gasteiger partial charge >= 0.3 is 0 Å². The van der Waals surface area contributed by atoms with Crippen LogP contribution in [0.3, 0.4) is 0 Å². The van der Waals surface area contributed by atoms with Gasteiger partial charge in [-0.1, -0.05) is 28.4 Å². The predicted molar refractivity (Wildman–Crippen MR) is 95.5 cm³/mol. The molecule has 7 nitrogen and oxygen atoms in total. The number of non-ortho nitro benzene ring substituents is 1. The zero-order valence-corrected chi connectivity index (χ0v) is 14.7. The first-order valence-electron chi connectivity index (χ1n) is 7.48. The number of hydrogen-bond acceptors (Lipinski definition) is 6. The number of benzene rings is 1. The number of aromatic nitrogens is 2. The van der Waals surface area contributed by atoms with Crippen LogP contribution in [0.4, 0.5) is 5.69 Å². The van der Waals surface area contributed by atoms with Crippen LogP contribution < -0.4 is 0 Å². The Morgan fingerprint density at radius 2 is 1.92 bits per heavy atom. The van der Waals surface area contributed by atoms with Crippen LogP contribution in [-0.2, 0) is 6.42 Å². The van der Waals surface area contributed by atoms with Gasteiger partial charge in [-0.05, 0) is 18.2 Å². The van der Waals surface area contributed by atoms with Gasteiger partial charge in [0.25, 0.3) is 5.69 Å². The Balaban J connectivity index is 1.68. The van der Waals surface area contributed by atoms with E-state index in [2.05, 4.69) is 10.1 Å². The van der Waals surface area contributed by atoms with Gasteiger partial charge in [0.15, 0.2) is 5.78 Å². The summed E-state index contributed by atoms with van der Waals surface area (Å²) in [4.78, 5) is 26.3. The van der Waals surface area contributed by atoms with Crippen LogP contribution in [0.5, 0.6) is 0 Å². The van der Waals surface area contributed by atoms with Gasteiger partial charge in [0.1, 0.15) is 16.6 Å². The molecule has 26 heavy (non-hydrogen) atoms. The molecule has 0 unspecified atom stereocenters. The van der Waals surface area contributed by atoms with E-state index >= 15 is 0 Å². The van der Waals surface area contributed by atoms with Crippen molar-refractivity contribution in [3.63, 3.8) is 0 Å². The molecule has 2 aromatic heterocycles. The molecular weight excluding hydrogens is 381 g/mol. The van der Waals surface area contributed by atoms with Gasteiger partial charge in [0, 0.05) is 42.8 Å². The smallest absolute Gasteiger partial charge is 0.269 e. The average molecular weight is 392 g/mol. The Labute approximate surface area is 157 Å². The van der Waals surface area contributed by atoms with E-state index in [1.165, 1.54) is 24.4 Å². The summed E-state index contributed by atoms with van der Waals surface area (Å²) in [6, 6.07) is 9.11. The number of carbonyl (C=O) groups excluding carboxylic acids is 1. The van der Waals surface area contributed by atoms with Crippen molar-refractivity contribution in [1.29, 1.82) is 0 Å². The average Bonchev–Trinajstić information content (AvgIpc) is 3.11. The van der Waals surface area contributed by atoms with Crippen molar-refractivity contribution in [1.82, 2.24) is 10.1 Å². The van der Waals surface area contributed by atoms with Gasteiger partial charge in [0.2, 0.25) is 0 Å². The van der Waals surface area contributed by atoms with Crippen LogP contribution in [0.2, 0.25) is 10.2 Å². The number of nitrogens with zero attached hydrogens (tertiary/aromatic N) is 3. The molecule has 2 heterocycles. The highest BCUT2D eigenvalue weighted by atomic mass is 35.5. The quantitative estimate of drug-likeness (QED) is 0.259. The lowest BCUT2D eigenvalue weighted by atomic mass is 10.1. The minimum absolute atomic E-state index is 0.00456. The number of aryl methyl sites for hydroxylation is 1. The van der Waals surface area contributed by atoms with Crippen molar-refractivity contribution >= 4 is 34.7 Å². The number of halogens is 2. The SMILES string of the molecule is O=C(CCc1cc(-c2ccc([N+](=O)[O-])cc2)no1)c1cc(Cl)cnc1Cl. The fourth-order valence-corrected chi connectivity index (χ4v) is 2.68. The highest BCUT2D eigenvalue weighted by molar-refractivity contribution is 6.34. The molecule has 1 aromatic carbocycles. The lowest BCUT2D eigenvalue weighted by Gasteiger charge is -2.02. The minimum atomic E-state index is -0.473. The second-order valence-electron chi connectivity index (χ2n) is 5.40. The highest BCUT2D eigenvalue weighted by Crippen LogP contribution is 2.24. The van der Waals surface area contributed by atoms with Crippen LogP contribution in [-0.4, -0.2) is 20.8 Å². The normalized spacial score (nSPS) is 10.7. The van der Waals surface area contributed by atoms with Crippen molar-refractivity contribution in [2.45, 2.75) is 12.8 Å². The summed E-state index contributed by atoms with van der Waals surface area (Å²) in [6.07, 6.45) is 1.84. The lowest BCUT2D eigenvalue weighted by molar-refractivity contribution is -0.384.